The van der Waals surface area contributed by atoms with Crippen LogP contribution in [0.1, 0.15) is 33.1 Å². The predicted octanol–water partition coefficient (Wildman–Crippen LogP) is 2.74. The summed E-state index contributed by atoms with van der Waals surface area (Å²) < 4.78 is 5.13. The smallest absolute Gasteiger partial charge is 0.269 e. The average Bonchev–Trinajstić information content (AvgIpc) is 2.94. The zero-order valence-corrected chi connectivity index (χ0v) is 13.9. The van der Waals surface area contributed by atoms with Crippen LogP contribution in [-0.2, 0) is 11.2 Å². The van der Waals surface area contributed by atoms with Gasteiger partial charge in [0, 0.05) is 37.1 Å². The summed E-state index contributed by atoms with van der Waals surface area (Å²) in [5, 5.41) is 17.3. The van der Waals surface area contributed by atoms with E-state index in [2.05, 4.69) is 15.5 Å². The minimum atomic E-state index is -0.467. The third-order valence-electron chi connectivity index (χ3n) is 3.16. The quantitative estimate of drug-likeness (QED) is 0.643. The standard InChI is InChI=1S/C16H20N4O4/c1-16(2,3)10-13(21)17-9-8-14-18-15(19-24-14)11-4-6-12(7-5-11)20(22)23/h4-7H,8-10H2,1-3H3,(H,17,21). The number of non-ortho nitro benzene ring substituents is 1. The highest BCUT2D eigenvalue weighted by Crippen LogP contribution is 2.20. The van der Waals surface area contributed by atoms with E-state index in [-0.39, 0.29) is 17.0 Å². The van der Waals surface area contributed by atoms with Crippen LogP contribution in [0.2, 0.25) is 0 Å². The van der Waals surface area contributed by atoms with E-state index in [0.29, 0.717) is 36.7 Å². The minimum absolute atomic E-state index is 0.00373. The zero-order chi connectivity index (χ0) is 17.7. The number of nitro benzene ring substituents is 1. The van der Waals surface area contributed by atoms with Crippen LogP contribution in [0.3, 0.4) is 0 Å². The van der Waals surface area contributed by atoms with Crippen molar-refractivity contribution in [2.45, 2.75) is 33.6 Å². The zero-order valence-electron chi connectivity index (χ0n) is 13.9. The van der Waals surface area contributed by atoms with Gasteiger partial charge in [-0.15, -0.1) is 0 Å². The molecule has 0 saturated heterocycles. The van der Waals surface area contributed by atoms with E-state index in [0.717, 1.165) is 0 Å². The van der Waals surface area contributed by atoms with Crippen LogP contribution in [0.4, 0.5) is 5.69 Å². The summed E-state index contributed by atoms with van der Waals surface area (Å²) in [5.74, 6) is 0.748. The SMILES string of the molecule is CC(C)(C)CC(=O)NCCc1nc(-c2ccc([N+](=O)[O-])cc2)no1. The third-order valence-corrected chi connectivity index (χ3v) is 3.16. The predicted molar refractivity (Wildman–Crippen MR) is 87.2 cm³/mol. The summed E-state index contributed by atoms with van der Waals surface area (Å²) in [6.07, 6.45) is 0.876. The van der Waals surface area contributed by atoms with Crippen molar-refractivity contribution >= 4 is 11.6 Å². The molecule has 1 aromatic heterocycles. The summed E-state index contributed by atoms with van der Waals surface area (Å²) in [4.78, 5) is 26.1. The number of rotatable bonds is 6. The van der Waals surface area contributed by atoms with Gasteiger partial charge >= 0.3 is 0 Å². The van der Waals surface area contributed by atoms with E-state index >= 15 is 0 Å². The van der Waals surface area contributed by atoms with Gasteiger partial charge in [-0.05, 0) is 17.5 Å². The Balaban J connectivity index is 1.89. The van der Waals surface area contributed by atoms with E-state index in [1.807, 2.05) is 20.8 Å². The first kappa shape index (κ1) is 17.6. The molecule has 0 radical (unpaired) electrons. The second-order valence-electron chi connectivity index (χ2n) is 6.65. The lowest BCUT2D eigenvalue weighted by molar-refractivity contribution is -0.384. The minimum Gasteiger partial charge on any atom is -0.356 e. The van der Waals surface area contributed by atoms with Gasteiger partial charge in [0.05, 0.1) is 4.92 Å². The van der Waals surface area contributed by atoms with E-state index in [9.17, 15) is 14.9 Å². The van der Waals surface area contributed by atoms with E-state index in [1.165, 1.54) is 12.1 Å². The molecule has 0 aliphatic heterocycles. The first-order valence-electron chi connectivity index (χ1n) is 7.59. The Hall–Kier alpha value is -2.77. The number of nitrogens with zero attached hydrogens (tertiary/aromatic N) is 3. The van der Waals surface area contributed by atoms with Crippen molar-refractivity contribution in [3.8, 4) is 11.4 Å². The third kappa shape index (κ3) is 5.15. The Kier molecular flexibility index (Phi) is 5.28. The van der Waals surface area contributed by atoms with Crippen molar-refractivity contribution in [3.05, 3.63) is 40.3 Å². The maximum atomic E-state index is 11.7. The van der Waals surface area contributed by atoms with E-state index in [1.54, 1.807) is 12.1 Å². The molecule has 1 amide bonds. The molecule has 24 heavy (non-hydrogen) atoms. The van der Waals surface area contributed by atoms with Gasteiger partial charge in [-0.25, -0.2) is 0 Å². The molecule has 2 aromatic rings. The highest BCUT2D eigenvalue weighted by Gasteiger charge is 2.16. The maximum Gasteiger partial charge on any atom is 0.269 e. The lowest BCUT2D eigenvalue weighted by Crippen LogP contribution is -2.29. The van der Waals surface area contributed by atoms with Crippen LogP contribution in [-0.4, -0.2) is 27.5 Å². The van der Waals surface area contributed by atoms with Crippen molar-refractivity contribution in [2.24, 2.45) is 5.41 Å². The van der Waals surface area contributed by atoms with Crippen LogP contribution in [0, 0.1) is 15.5 Å². The summed E-state index contributed by atoms with van der Waals surface area (Å²) in [5.41, 5.74) is 0.578. The van der Waals surface area contributed by atoms with Crippen LogP contribution in [0.15, 0.2) is 28.8 Å². The first-order chi connectivity index (χ1) is 11.2. The molecule has 1 N–H and O–H groups in total. The summed E-state index contributed by atoms with van der Waals surface area (Å²) in [6.45, 7) is 6.42. The number of nitro groups is 1. The molecule has 2 rings (SSSR count). The van der Waals surface area contributed by atoms with Crippen LogP contribution < -0.4 is 5.32 Å². The fraction of sp³-hybridized carbons (Fsp3) is 0.438. The van der Waals surface area contributed by atoms with Crippen molar-refractivity contribution in [2.75, 3.05) is 6.54 Å². The van der Waals surface area contributed by atoms with Crippen molar-refractivity contribution in [1.82, 2.24) is 15.5 Å². The molecule has 8 heteroatoms. The van der Waals surface area contributed by atoms with Crippen LogP contribution >= 0.6 is 0 Å². The van der Waals surface area contributed by atoms with Gasteiger partial charge in [0.15, 0.2) is 0 Å². The summed E-state index contributed by atoms with van der Waals surface area (Å²) in [6, 6.07) is 5.91. The van der Waals surface area contributed by atoms with Crippen LogP contribution in [0.25, 0.3) is 11.4 Å². The maximum absolute atomic E-state index is 11.7. The molecule has 1 heterocycles. The Morgan fingerprint density at radius 2 is 1.96 bits per heavy atom. The van der Waals surface area contributed by atoms with Crippen molar-refractivity contribution < 1.29 is 14.2 Å². The lowest BCUT2D eigenvalue weighted by atomic mass is 9.92. The largest absolute Gasteiger partial charge is 0.356 e. The van der Waals surface area contributed by atoms with Gasteiger partial charge in [-0.3, -0.25) is 14.9 Å². The molecule has 1 aromatic carbocycles. The van der Waals surface area contributed by atoms with Crippen molar-refractivity contribution in [3.63, 3.8) is 0 Å². The molecular weight excluding hydrogens is 312 g/mol. The van der Waals surface area contributed by atoms with E-state index < -0.39 is 4.92 Å². The highest BCUT2D eigenvalue weighted by atomic mass is 16.6. The second-order valence-corrected chi connectivity index (χ2v) is 6.65. The van der Waals surface area contributed by atoms with Crippen LogP contribution in [0.5, 0.6) is 0 Å². The fourth-order valence-electron chi connectivity index (χ4n) is 2.06. The van der Waals surface area contributed by atoms with Gasteiger partial charge in [0.2, 0.25) is 17.6 Å². The molecule has 0 bridgehead atoms. The number of carbonyl (C=O) groups is 1. The Labute approximate surface area is 139 Å². The first-order valence-corrected chi connectivity index (χ1v) is 7.59. The number of hydrogen-bond acceptors (Lipinski definition) is 6. The Morgan fingerprint density at radius 3 is 2.54 bits per heavy atom. The second kappa shape index (κ2) is 7.20. The molecule has 8 nitrogen and oxygen atoms in total. The molecule has 0 saturated carbocycles. The average molecular weight is 332 g/mol. The summed E-state index contributed by atoms with van der Waals surface area (Å²) >= 11 is 0. The molecule has 0 aliphatic rings. The number of amides is 1. The van der Waals surface area contributed by atoms with Gasteiger partial charge in [0.1, 0.15) is 0 Å². The molecule has 0 atom stereocenters. The summed E-state index contributed by atoms with van der Waals surface area (Å²) in [7, 11) is 0. The number of nitrogens with one attached hydrogen (secondary N) is 1. The molecule has 0 aliphatic carbocycles. The molecule has 128 valence electrons. The van der Waals surface area contributed by atoms with Gasteiger partial charge in [-0.2, -0.15) is 4.98 Å². The highest BCUT2D eigenvalue weighted by molar-refractivity contribution is 5.76. The number of hydrogen-bond donors (Lipinski definition) is 1. The molecular formula is C16H20N4O4. The molecule has 0 unspecified atom stereocenters. The number of carbonyl (C=O) groups excluding carboxylic acids is 1. The number of benzene rings is 1. The molecule has 0 fully saturated rings. The van der Waals surface area contributed by atoms with Crippen molar-refractivity contribution in [1.29, 1.82) is 0 Å². The van der Waals surface area contributed by atoms with E-state index in [4.69, 9.17) is 4.52 Å². The Bertz CT molecular complexity index is 716. The molecule has 0 spiro atoms. The topological polar surface area (TPSA) is 111 Å². The lowest BCUT2D eigenvalue weighted by Gasteiger charge is -2.16. The monoisotopic (exact) mass is 332 g/mol. The van der Waals surface area contributed by atoms with Gasteiger partial charge in [-0.1, -0.05) is 25.9 Å². The van der Waals surface area contributed by atoms with Gasteiger partial charge in [0.25, 0.3) is 5.69 Å². The Morgan fingerprint density at radius 1 is 1.29 bits per heavy atom. The fourth-order valence-corrected chi connectivity index (χ4v) is 2.06. The van der Waals surface area contributed by atoms with Gasteiger partial charge < -0.3 is 9.84 Å². The normalized spacial score (nSPS) is 11.3. The number of aromatic nitrogens is 2.